The lowest BCUT2D eigenvalue weighted by Crippen LogP contribution is -1.92. The molecule has 0 fully saturated rings. The number of nitrogen functional groups attached to an aromatic ring is 1. The number of anilines is 1. The summed E-state index contributed by atoms with van der Waals surface area (Å²) in [6.07, 6.45) is 0. The van der Waals surface area contributed by atoms with E-state index < -0.39 is 5.82 Å². The Kier molecular flexibility index (Phi) is 3.39. The molecule has 3 nitrogen and oxygen atoms in total. The fourth-order valence-electron chi connectivity index (χ4n) is 2.26. The summed E-state index contributed by atoms with van der Waals surface area (Å²) in [6.45, 7) is 1.96. The zero-order valence-electron chi connectivity index (χ0n) is 11.2. The minimum Gasteiger partial charge on any atom is -0.380 e. The zero-order valence-corrected chi connectivity index (χ0v) is 12.0. The van der Waals surface area contributed by atoms with E-state index in [0.717, 1.165) is 11.1 Å². The normalized spacial score (nSPS) is 10.8. The smallest absolute Gasteiger partial charge is 0.177 e. The Morgan fingerprint density at radius 2 is 1.90 bits per heavy atom. The minimum absolute atomic E-state index is 0.110. The van der Waals surface area contributed by atoms with Crippen LogP contribution in [0.15, 0.2) is 47.0 Å². The molecule has 2 aromatic carbocycles. The molecule has 3 aromatic rings. The Balaban J connectivity index is 2.28. The molecule has 0 unspecified atom stereocenters. The summed E-state index contributed by atoms with van der Waals surface area (Å²) < 4.78 is 19.5. The van der Waals surface area contributed by atoms with Gasteiger partial charge in [-0.05, 0) is 25.1 Å². The van der Waals surface area contributed by atoms with Gasteiger partial charge in [0.1, 0.15) is 5.82 Å². The van der Waals surface area contributed by atoms with Crippen molar-refractivity contribution in [1.82, 2.24) is 5.16 Å². The standard InChI is InChI=1S/C16H12ClFN2O/c1-9-4-2-5-10(8-9)15-14(16(19)20-21-15)13-11(17)6-3-7-12(13)18/h2-8H,1H3,(H2,19,20). The number of hydrogen-bond donors (Lipinski definition) is 1. The first-order valence-electron chi connectivity index (χ1n) is 6.34. The maximum Gasteiger partial charge on any atom is 0.177 e. The van der Waals surface area contributed by atoms with Gasteiger partial charge in [-0.15, -0.1) is 0 Å². The zero-order chi connectivity index (χ0) is 15.0. The number of rotatable bonds is 2. The fraction of sp³-hybridized carbons (Fsp3) is 0.0625. The summed E-state index contributed by atoms with van der Waals surface area (Å²) >= 11 is 6.12. The molecule has 21 heavy (non-hydrogen) atoms. The highest BCUT2D eigenvalue weighted by Crippen LogP contribution is 2.41. The maximum absolute atomic E-state index is 14.2. The van der Waals surface area contributed by atoms with Gasteiger partial charge in [0.2, 0.25) is 0 Å². The summed E-state index contributed by atoms with van der Waals surface area (Å²) in [5, 5.41) is 4.02. The third-order valence-corrected chi connectivity index (χ3v) is 3.53. The Bertz CT molecular complexity index is 794. The van der Waals surface area contributed by atoms with Crippen molar-refractivity contribution in [2.45, 2.75) is 6.92 Å². The second-order valence-corrected chi connectivity index (χ2v) is 5.15. The van der Waals surface area contributed by atoms with Crippen LogP contribution in [-0.4, -0.2) is 5.16 Å². The van der Waals surface area contributed by atoms with E-state index in [4.69, 9.17) is 21.9 Å². The van der Waals surface area contributed by atoms with Gasteiger partial charge < -0.3 is 10.3 Å². The lowest BCUT2D eigenvalue weighted by molar-refractivity contribution is 0.436. The predicted molar refractivity (Wildman–Crippen MR) is 81.5 cm³/mol. The second-order valence-electron chi connectivity index (χ2n) is 4.74. The molecule has 3 rings (SSSR count). The van der Waals surface area contributed by atoms with Crippen LogP contribution < -0.4 is 5.73 Å². The molecule has 0 bridgehead atoms. The van der Waals surface area contributed by atoms with Crippen molar-refractivity contribution in [2.75, 3.05) is 5.73 Å². The van der Waals surface area contributed by atoms with Crippen LogP contribution in [0.3, 0.4) is 0 Å². The van der Waals surface area contributed by atoms with E-state index in [2.05, 4.69) is 5.16 Å². The molecule has 106 valence electrons. The SMILES string of the molecule is Cc1cccc(-c2onc(N)c2-c2c(F)cccc2Cl)c1. The quantitative estimate of drug-likeness (QED) is 0.747. The third-order valence-electron chi connectivity index (χ3n) is 3.21. The first-order valence-corrected chi connectivity index (χ1v) is 6.72. The lowest BCUT2D eigenvalue weighted by Gasteiger charge is -2.07. The van der Waals surface area contributed by atoms with Crippen LogP contribution in [0.25, 0.3) is 22.5 Å². The first kappa shape index (κ1) is 13.6. The van der Waals surface area contributed by atoms with E-state index in [0.29, 0.717) is 11.3 Å². The van der Waals surface area contributed by atoms with Crippen molar-refractivity contribution in [3.8, 4) is 22.5 Å². The lowest BCUT2D eigenvalue weighted by atomic mass is 10.00. The number of halogens is 2. The Hall–Kier alpha value is -2.33. The molecule has 0 radical (unpaired) electrons. The van der Waals surface area contributed by atoms with Crippen LogP contribution in [0.2, 0.25) is 5.02 Å². The van der Waals surface area contributed by atoms with Crippen LogP contribution in [0.4, 0.5) is 10.2 Å². The van der Waals surface area contributed by atoms with E-state index in [-0.39, 0.29) is 16.4 Å². The van der Waals surface area contributed by atoms with Gasteiger partial charge in [0.15, 0.2) is 11.6 Å². The number of nitrogens with zero attached hydrogens (tertiary/aromatic N) is 1. The molecule has 0 aliphatic rings. The van der Waals surface area contributed by atoms with E-state index in [1.54, 1.807) is 6.07 Å². The first-order chi connectivity index (χ1) is 10.1. The highest BCUT2D eigenvalue weighted by atomic mass is 35.5. The van der Waals surface area contributed by atoms with Gasteiger partial charge in [0.05, 0.1) is 10.6 Å². The van der Waals surface area contributed by atoms with E-state index in [1.165, 1.54) is 12.1 Å². The average molecular weight is 303 g/mol. The highest BCUT2D eigenvalue weighted by Gasteiger charge is 2.22. The summed E-state index contributed by atoms with van der Waals surface area (Å²) in [7, 11) is 0. The van der Waals surface area contributed by atoms with Gasteiger partial charge in [-0.1, -0.05) is 46.6 Å². The summed E-state index contributed by atoms with van der Waals surface area (Å²) in [4.78, 5) is 0. The van der Waals surface area contributed by atoms with Crippen molar-refractivity contribution >= 4 is 17.4 Å². The van der Waals surface area contributed by atoms with Gasteiger partial charge in [0.25, 0.3) is 0 Å². The molecule has 1 aromatic heterocycles. The molecule has 0 aliphatic heterocycles. The summed E-state index contributed by atoms with van der Waals surface area (Å²) in [5.41, 5.74) is 8.26. The largest absolute Gasteiger partial charge is 0.380 e. The Morgan fingerprint density at radius 3 is 2.62 bits per heavy atom. The summed E-state index contributed by atoms with van der Waals surface area (Å²) in [5.74, 6) is 0.0491. The average Bonchev–Trinajstić information content (AvgIpc) is 2.81. The van der Waals surface area contributed by atoms with E-state index >= 15 is 0 Å². The molecule has 0 saturated carbocycles. The molecule has 5 heteroatoms. The number of benzene rings is 2. The number of hydrogen-bond acceptors (Lipinski definition) is 3. The third kappa shape index (κ3) is 2.38. The molecular weight excluding hydrogens is 291 g/mol. The molecule has 0 saturated heterocycles. The molecule has 0 spiro atoms. The molecular formula is C16H12ClFN2O. The van der Waals surface area contributed by atoms with E-state index in [1.807, 2.05) is 31.2 Å². The molecule has 0 atom stereocenters. The van der Waals surface area contributed by atoms with Crippen molar-refractivity contribution in [2.24, 2.45) is 0 Å². The van der Waals surface area contributed by atoms with Gasteiger partial charge in [0, 0.05) is 11.1 Å². The molecule has 1 heterocycles. The van der Waals surface area contributed by atoms with Crippen LogP contribution in [0.5, 0.6) is 0 Å². The predicted octanol–water partition coefficient (Wildman–Crippen LogP) is 4.69. The number of nitrogens with two attached hydrogens (primary N) is 1. The van der Waals surface area contributed by atoms with Crippen LogP contribution in [0, 0.1) is 12.7 Å². The van der Waals surface area contributed by atoms with Crippen LogP contribution in [-0.2, 0) is 0 Å². The van der Waals surface area contributed by atoms with Gasteiger partial charge in [-0.25, -0.2) is 4.39 Å². The summed E-state index contributed by atoms with van der Waals surface area (Å²) in [6, 6.07) is 12.1. The van der Waals surface area contributed by atoms with Gasteiger partial charge >= 0.3 is 0 Å². The fourth-order valence-corrected chi connectivity index (χ4v) is 2.52. The highest BCUT2D eigenvalue weighted by molar-refractivity contribution is 6.33. The van der Waals surface area contributed by atoms with Crippen LogP contribution in [0.1, 0.15) is 5.56 Å². The maximum atomic E-state index is 14.2. The Labute approximate surface area is 126 Å². The van der Waals surface area contributed by atoms with E-state index in [9.17, 15) is 4.39 Å². The van der Waals surface area contributed by atoms with Gasteiger partial charge in [-0.2, -0.15) is 0 Å². The van der Waals surface area contributed by atoms with Crippen molar-refractivity contribution in [3.05, 3.63) is 58.9 Å². The monoisotopic (exact) mass is 302 g/mol. The topological polar surface area (TPSA) is 52.0 Å². The van der Waals surface area contributed by atoms with Gasteiger partial charge in [-0.3, -0.25) is 0 Å². The minimum atomic E-state index is -0.466. The molecule has 0 amide bonds. The second kappa shape index (κ2) is 5.22. The Morgan fingerprint density at radius 1 is 1.14 bits per heavy atom. The number of aryl methyl sites for hydroxylation is 1. The van der Waals surface area contributed by atoms with Crippen LogP contribution >= 0.6 is 11.6 Å². The van der Waals surface area contributed by atoms with Crippen molar-refractivity contribution in [3.63, 3.8) is 0 Å². The van der Waals surface area contributed by atoms with Crippen molar-refractivity contribution in [1.29, 1.82) is 0 Å². The molecule has 2 N–H and O–H groups in total. The number of aromatic nitrogens is 1. The molecule has 0 aliphatic carbocycles. The van der Waals surface area contributed by atoms with Crippen molar-refractivity contribution < 1.29 is 8.91 Å².